The molecule has 1 atom stereocenters. The van der Waals surface area contributed by atoms with Crippen LogP contribution in [0.1, 0.15) is 24.4 Å². The molecule has 3 rings (SSSR count). The molecule has 0 radical (unpaired) electrons. The lowest BCUT2D eigenvalue weighted by Crippen LogP contribution is -2.27. The quantitative estimate of drug-likeness (QED) is 0.897. The molecule has 104 valence electrons. The Morgan fingerprint density at radius 1 is 1.16 bits per heavy atom. The van der Waals surface area contributed by atoms with Crippen LogP contribution in [0.3, 0.4) is 0 Å². The Morgan fingerprint density at radius 3 is 2.58 bits per heavy atom. The van der Waals surface area contributed by atoms with E-state index in [1.807, 2.05) is 0 Å². The summed E-state index contributed by atoms with van der Waals surface area (Å²) in [7, 11) is 0. The lowest BCUT2D eigenvalue weighted by molar-refractivity contribution is -0.286. The van der Waals surface area contributed by atoms with E-state index in [4.69, 9.17) is 10.5 Å². The van der Waals surface area contributed by atoms with E-state index in [0.29, 0.717) is 19.1 Å². The minimum Gasteiger partial charge on any atom is -0.395 e. The van der Waals surface area contributed by atoms with Crippen LogP contribution in [0, 0.1) is 5.92 Å². The highest BCUT2D eigenvalue weighted by molar-refractivity contribution is 5.46. The standard InChI is InChI=1S/C13H15F2NO3/c14-13(15)18-10-2-1-9(7-11(10)19-13)12(16)8-3-5-17-6-4-8/h1-2,7-8,12H,3-6,16H2/t12-/m1/s1. The van der Waals surface area contributed by atoms with Crippen LogP contribution in [0.5, 0.6) is 11.5 Å². The van der Waals surface area contributed by atoms with E-state index in [-0.39, 0.29) is 17.5 Å². The molecule has 2 heterocycles. The van der Waals surface area contributed by atoms with Crippen molar-refractivity contribution in [1.82, 2.24) is 0 Å². The largest absolute Gasteiger partial charge is 0.586 e. The van der Waals surface area contributed by atoms with Crippen LogP contribution >= 0.6 is 0 Å². The van der Waals surface area contributed by atoms with Crippen LogP contribution in [0.25, 0.3) is 0 Å². The third kappa shape index (κ3) is 2.50. The molecule has 0 unspecified atom stereocenters. The highest BCUT2D eigenvalue weighted by Crippen LogP contribution is 2.42. The first kappa shape index (κ1) is 12.6. The molecular weight excluding hydrogens is 256 g/mol. The Hall–Kier alpha value is -1.40. The molecule has 19 heavy (non-hydrogen) atoms. The van der Waals surface area contributed by atoms with E-state index in [0.717, 1.165) is 18.4 Å². The predicted octanol–water partition coefficient (Wildman–Crippen LogP) is 2.43. The lowest BCUT2D eigenvalue weighted by atomic mass is 9.88. The van der Waals surface area contributed by atoms with Crippen molar-refractivity contribution in [2.24, 2.45) is 11.7 Å². The molecule has 1 aromatic carbocycles. The number of fused-ring (bicyclic) bond motifs is 1. The fraction of sp³-hybridized carbons (Fsp3) is 0.538. The van der Waals surface area contributed by atoms with Gasteiger partial charge in [0, 0.05) is 19.3 Å². The van der Waals surface area contributed by atoms with Gasteiger partial charge in [-0.3, -0.25) is 0 Å². The second-order valence-electron chi connectivity index (χ2n) is 4.85. The maximum absolute atomic E-state index is 12.9. The lowest BCUT2D eigenvalue weighted by Gasteiger charge is -2.27. The Balaban J connectivity index is 1.79. The van der Waals surface area contributed by atoms with Gasteiger partial charge in [-0.15, -0.1) is 8.78 Å². The zero-order chi connectivity index (χ0) is 13.5. The molecule has 1 saturated heterocycles. The van der Waals surface area contributed by atoms with Gasteiger partial charge in [-0.25, -0.2) is 0 Å². The first-order valence-corrected chi connectivity index (χ1v) is 6.28. The zero-order valence-corrected chi connectivity index (χ0v) is 10.3. The molecule has 2 N–H and O–H groups in total. The third-order valence-corrected chi connectivity index (χ3v) is 3.58. The van der Waals surface area contributed by atoms with Crippen molar-refractivity contribution in [2.45, 2.75) is 25.2 Å². The maximum atomic E-state index is 12.9. The normalized spacial score (nSPS) is 23.3. The first-order chi connectivity index (χ1) is 9.05. The third-order valence-electron chi connectivity index (χ3n) is 3.58. The molecule has 0 bridgehead atoms. The molecule has 1 aromatic rings. The van der Waals surface area contributed by atoms with Crippen LogP contribution in [0.15, 0.2) is 18.2 Å². The van der Waals surface area contributed by atoms with Crippen LogP contribution in [0.2, 0.25) is 0 Å². The molecule has 1 fully saturated rings. The van der Waals surface area contributed by atoms with Gasteiger partial charge in [-0.1, -0.05) is 6.07 Å². The second-order valence-corrected chi connectivity index (χ2v) is 4.85. The molecular formula is C13H15F2NO3. The summed E-state index contributed by atoms with van der Waals surface area (Å²) in [6, 6.07) is 4.53. The Morgan fingerprint density at radius 2 is 1.84 bits per heavy atom. The van der Waals surface area contributed by atoms with E-state index in [1.165, 1.54) is 12.1 Å². The van der Waals surface area contributed by atoms with Crippen LogP contribution in [0.4, 0.5) is 8.78 Å². The second kappa shape index (κ2) is 4.61. The van der Waals surface area contributed by atoms with E-state index in [9.17, 15) is 8.78 Å². The van der Waals surface area contributed by atoms with Gasteiger partial charge in [0.1, 0.15) is 0 Å². The van der Waals surface area contributed by atoms with Crippen molar-refractivity contribution in [2.75, 3.05) is 13.2 Å². The van der Waals surface area contributed by atoms with Crippen molar-refractivity contribution >= 4 is 0 Å². The number of alkyl halides is 2. The minimum absolute atomic E-state index is 0.0463. The highest BCUT2D eigenvalue weighted by Gasteiger charge is 2.43. The summed E-state index contributed by atoms with van der Waals surface area (Å²) in [5.74, 6) is 0.396. The van der Waals surface area contributed by atoms with Crippen molar-refractivity contribution in [1.29, 1.82) is 0 Å². The number of rotatable bonds is 2. The molecule has 0 saturated carbocycles. The minimum atomic E-state index is -3.58. The Bertz CT molecular complexity index is 475. The number of ether oxygens (including phenoxy) is 3. The smallest absolute Gasteiger partial charge is 0.395 e. The summed E-state index contributed by atoms with van der Waals surface area (Å²) in [5, 5.41) is 0. The number of nitrogens with two attached hydrogens (primary N) is 1. The Kier molecular flexibility index (Phi) is 3.06. The van der Waals surface area contributed by atoms with Crippen molar-refractivity contribution < 1.29 is 23.0 Å². The van der Waals surface area contributed by atoms with Crippen molar-refractivity contribution in [3.8, 4) is 11.5 Å². The molecule has 6 heteroatoms. The molecule has 0 spiro atoms. The Labute approximate surface area is 109 Å². The average molecular weight is 271 g/mol. The number of hydrogen-bond acceptors (Lipinski definition) is 4. The molecule has 2 aliphatic rings. The van der Waals surface area contributed by atoms with Crippen LogP contribution < -0.4 is 15.2 Å². The summed E-state index contributed by atoms with van der Waals surface area (Å²) in [6.45, 7) is 1.39. The topological polar surface area (TPSA) is 53.7 Å². The van der Waals surface area contributed by atoms with Crippen molar-refractivity contribution in [3.05, 3.63) is 23.8 Å². The molecule has 2 aliphatic heterocycles. The van der Waals surface area contributed by atoms with Gasteiger partial charge in [0.15, 0.2) is 11.5 Å². The van der Waals surface area contributed by atoms with E-state index >= 15 is 0 Å². The van der Waals surface area contributed by atoms with Gasteiger partial charge < -0.3 is 19.9 Å². The number of halogens is 2. The van der Waals surface area contributed by atoms with Gasteiger partial charge in [-0.05, 0) is 36.5 Å². The summed E-state index contributed by atoms with van der Waals surface area (Å²) in [6.07, 6.45) is -1.82. The monoisotopic (exact) mass is 271 g/mol. The van der Waals surface area contributed by atoms with Crippen LogP contribution in [-0.2, 0) is 4.74 Å². The number of benzene rings is 1. The molecule has 4 nitrogen and oxygen atoms in total. The van der Waals surface area contributed by atoms with Gasteiger partial charge in [0.25, 0.3) is 0 Å². The maximum Gasteiger partial charge on any atom is 0.586 e. The summed E-state index contributed by atoms with van der Waals surface area (Å²) in [5.41, 5.74) is 6.98. The summed E-state index contributed by atoms with van der Waals surface area (Å²) in [4.78, 5) is 0. The average Bonchev–Trinajstić information content (AvgIpc) is 2.71. The highest BCUT2D eigenvalue weighted by atomic mass is 19.3. The van der Waals surface area contributed by atoms with Gasteiger partial charge >= 0.3 is 6.29 Å². The molecule has 0 aromatic heterocycles. The predicted molar refractivity (Wildman–Crippen MR) is 63.1 cm³/mol. The first-order valence-electron chi connectivity index (χ1n) is 6.28. The summed E-state index contributed by atoms with van der Waals surface area (Å²) >= 11 is 0. The van der Waals surface area contributed by atoms with E-state index in [2.05, 4.69) is 9.47 Å². The number of hydrogen-bond donors (Lipinski definition) is 1. The van der Waals surface area contributed by atoms with E-state index < -0.39 is 6.29 Å². The SMILES string of the molecule is N[C@@H](c1ccc2c(c1)OC(F)(F)O2)C1CCOCC1. The zero-order valence-electron chi connectivity index (χ0n) is 10.3. The van der Waals surface area contributed by atoms with Gasteiger partial charge in [-0.2, -0.15) is 0 Å². The van der Waals surface area contributed by atoms with E-state index in [1.54, 1.807) is 6.07 Å². The summed E-state index contributed by atoms with van der Waals surface area (Å²) < 4.78 is 39.9. The fourth-order valence-corrected chi connectivity index (χ4v) is 2.52. The van der Waals surface area contributed by atoms with Gasteiger partial charge in [0.05, 0.1) is 0 Å². The van der Waals surface area contributed by atoms with Gasteiger partial charge in [0.2, 0.25) is 0 Å². The molecule has 0 aliphatic carbocycles. The van der Waals surface area contributed by atoms with Crippen molar-refractivity contribution in [3.63, 3.8) is 0 Å². The fourth-order valence-electron chi connectivity index (χ4n) is 2.52. The van der Waals surface area contributed by atoms with Crippen LogP contribution in [-0.4, -0.2) is 19.5 Å². The molecule has 0 amide bonds.